The summed E-state index contributed by atoms with van der Waals surface area (Å²) in [5.74, 6) is -1.27. The number of phenolic OH excluding ortho intramolecular Hbond substituents is 1. The second kappa shape index (κ2) is 6.10. The molecule has 0 radical (unpaired) electrons. The molecule has 1 heterocycles. The van der Waals surface area contributed by atoms with Gasteiger partial charge in [0.2, 0.25) is 0 Å². The Balaban J connectivity index is 1.81. The lowest BCUT2D eigenvalue weighted by Gasteiger charge is -2.23. The maximum absolute atomic E-state index is 12.9. The van der Waals surface area contributed by atoms with Crippen LogP contribution in [-0.2, 0) is 16.6 Å². The second-order valence-corrected chi connectivity index (χ2v) is 6.52. The number of hydrogen-bond donors (Lipinski definition) is 3. The van der Waals surface area contributed by atoms with Gasteiger partial charge in [-0.05, 0) is 29.3 Å². The summed E-state index contributed by atoms with van der Waals surface area (Å²) in [6.45, 7) is 0. The summed E-state index contributed by atoms with van der Waals surface area (Å²) < 4.78 is 38.8. The van der Waals surface area contributed by atoms with Gasteiger partial charge in [0.25, 0.3) is 5.91 Å². The van der Waals surface area contributed by atoms with Crippen molar-refractivity contribution in [2.75, 3.05) is 5.32 Å². The first-order chi connectivity index (χ1) is 13.2. The predicted octanol–water partition coefficient (Wildman–Crippen LogP) is 4.27. The van der Waals surface area contributed by atoms with Gasteiger partial charge in [-0.3, -0.25) is 4.79 Å². The van der Waals surface area contributed by atoms with E-state index >= 15 is 0 Å². The molecule has 0 aromatic heterocycles. The molecule has 0 spiro atoms. The summed E-state index contributed by atoms with van der Waals surface area (Å²) in [7, 11) is 0. The molecule has 142 valence electrons. The molecular weight excluding hydrogens is 371 g/mol. The zero-order valence-corrected chi connectivity index (χ0v) is 14.3. The van der Waals surface area contributed by atoms with Gasteiger partial charge in [0.05, 0.1) is 5.56 Å². The Morgan fingerprint density at radius 2 is 1.54 bits per heavy atom. The molecule has 0 saturated carbocycles. The van der Waals surface area contributed by atoms with Crippen LogP contribution >= 0.6 is 0 Å². The molecule has 4 rings (SSSR count). The van der Waals surface area contributed by atoms with Crippen LogP contribution in [-0.4, -0.2) is 16.1 Å². The number of carbonyl (C=O) groups excluding carboxylic acids is 1. The zero-order chi connectivity index (χ0) is 20.1. The molecule has 0 fully saturated rings. The number of hydrogen-bond acceptors (Lipinski definition) is 3. The fourth-order valence-electron chi connectivity index (χ4n) is 3.39. The van der Waals surface area contributed by atoms with Crippen molar-refractivity contribution in [3.8, 4) is 16.9 Å². The van der Waals surface area contributed by atoms with Gasteiger partial charge in [-0.15, -0.1) is 0 Å². The fourth-order valence-corrected chi connectivity index (χ4v) is 3.39. The number of halogens is 3. The van der Waals surface area contributed by atoms with Gasteiger partial charge in [-0.2, -0.15) is 13.2 Å². The van der Waals surface area contributed by atoms with Gasteiger partial charge in [-0.25, -0.2) is 0 Å². The fraction of sp³-hybridized carbons (Fsp3) is 0.0952. The molecule has 1 aliphatic heterocycles. The summed E-state index contributed by atoms with van der Waals surface area (Å²) in [5, 5.41) is 23.8. The van der Waals surface area contributed by atoms with Crippen molar-refractivity contribution < 1.29 is 28.2 Å². The summed E-state index contributed by atoms with van der Waals surface area (Å²) >= 11 is 0. The maximum atomic E-state index is 12.9. The van der Waals surface area contributed by atoms with Gasteiger partial charge < -0.3 is 15.5 Å². The Morgan fingerprint density at radius 1 is 0.857 bits per heavy atom. The van der Waals surface area contributed by atoms with E-state index in [0.29, 0.717) is 5.56 Å². The molecule has 1 unspecified atom stereocenters. The predicted molar refractivity (Wildman–Crippen MR) is 96.6 cm³/mol. The van der Waals surface area contributed by atoms with Crippen LogP contribution in [0.15, 0.2) is 66.7 Å². The molecule has 0 saturated heterocycles. The molecule has 0 bridgehead atoms. The number of benzene rings is 3. The topological polar surface area (TPSA) is 69.6 Å². The summed E-state index contributed by atoms with van der Waals surface area (Å²) in [6, 6.07) is 16.2. The largest absolute Gasteiger partial charge is 0.508 e. The molecule has 7 heteroatoms. The minimum atomic E-state index is -4.58. The first-order valence-corrected chi connectivity index (χ1v) is 8.36. The molecule has 1 amide bonds. The van der Waals surface area contributed by atoms with E-state index in [1.54, 1.807) is 6.07 Å². The molecule has 28 heavy (non-hydrogen) atoms. The Hall–Kier alpha value is -3.32. The normalized spacial score (nSPS) is 18.6. The molecule has 3 aromatic carbocycles. The van der Waals surface area contributed by atoms with E-state index in [4.69, 9.17) is 0 Å². The van der Waals surface area contributed by atoms with Gasteiger partial charge in [0, 0.05) is 16.8 Å². The quantitative estimate of drug-likeness (QED) is 0.617. The lowest BCUT2D eigenvalue weighted by molar-refractivity contribution is -0.137. The minimum absolute atomic E-state index is 0.0479. The molecule has 0 aliphatic carbocycles. The highest BCUT2D eigenvalue weighted by Gasteiger charge is 2.49. The number of aliphatic hydroxyl groups is 1. The van der Waals surface area contributed by atoms with Crippen LogP contribution in [0.5, 0.6) is 5.75 Å². The summed E-state index contributed by atoms with van der Waals surface area (Å²) in [4.78, 5) is 12.5. The number of aromatic hydroxyl groups is 1. The number of anilines is 1. The number of fused-ring (bicyclic) bond motifs is 1. The standard InChI is InChI=1S/C21H14F3NO3/c22-21(23,24)14-7-9-15-17(11-14)25-19(27)20(15,28)16-8-6-13(10-18(16)26)12-4-2-1-3-5-12/h1-11,26,28H,(H,25,27). The summed E-state index contributed by atoms with van der Waals surface area (Å²) in [5.41, 5.74) is -2.05. The third-order valence-electron chi connectivity index (χ3n) is 4.81. The molecule has 3 N–H and O–H groups in total. The van der Waals surface area contributed by atoms with Crippen LogP contribution < -0.4 is 5.32 Å². The van der Waals surface area contributed by atoms with Crippen molar-refractivity contribution in [3.05, 3.63) is 83.4 Å². The van der Waals surface area contributed by atoms with Crippen molar-refractivity contribution in [1.29, 1.82) is 0 Å². The van der Waals surface area contributed by atoms with Crippen LogP contribution in [0.4, 0.5) is 18.9 Å². The van der Waals surface area contributed by atoms with E-state index in [9.17, 15) is 28.2 Å². The minimum Gasteiger partial charge on any atom is -0.508 e. The Morgan fingerprint density at radius 3 is 2.18 bits per heavy atom. The average Bonchev–Trinajstić information content (AvgIpc) is 2.92. The third-order valence-corrected chi connectivity index (χ3v) is 4.81. The lowest BCUT2D eigenvalue weighted by Crippen LogP contribution is -2.35. The monoisotopic (exact) mass is 385 g/mol. The molecular formula is C21H14F3NO3. The van der Waals surface area contributed by atoms with E-state index in [1.165, 1.54) is 12.1 Å². The molecule has 4 nitrogen and oxygen atoms in total. The van der Waals surface area contributed by atoms with Gasteiger partial charge in [0.1, 0.15) is 5.75 Å². The summed E-state index contributed by atoms with van der Waals surface area (Å²) in [6.07, 6.45) is -4.58. The van der Waals surface area contributed by atoms with Crippen LogP contribution in [0.25, 0.3) is 11.1 Å². The number of nitrogens with one attached hydrogen (secondary N) is 1. The number of alkyl halides is 3. The van der Waals surface area contributed by atoms with Crippen molar-refractivity contribution >= 4 is 11.6 Å². The Labute approximate surface area is 157 Å². The second-order valence-electron chi connectivity index (χ2n) is 6.52. The highest BCUT2D eigenvalue weighted by Crippen LogP contribution is 2.46. The highest BCUT2D eigenvalue weighted by molar-refractivity contribution is 6.07. The molecule has 3 aromatic rings. The van der Waals surface area contributed by atoms with Crippen molar-refractivity contribution in [1.82, 2.24) is 0 Å². The van der Waals surface area contributed by atoms with Crippen LogP contribution in [0.2, 0.25) is 0 Å². The van der Waals surface area contributed by atoms with E-state index in [2.05, 4.69) is 5.32 Å². The van der Waals surface area contributed by atoms with E-state index < -0.39 is 23.2 Å². The van der Waals surface area contributed by atoms with Crippen LogP contribution in [0.3, 0.4) is 0 Å². The average molecular weight is 385 g/mol. The Bertz CT molecular complexity index is 1080. The van der Waals surface area contributed by atoms with Crippen molar-refractivity contribution in [2.45, 2.75) is 11.8 Å². The van der Waals surface area contributed by atoms with Gasteiger partial charge in [0.15, 0.2) is 5.60 Å². The first-order valence-electron chi connectivity index (χ1n) is 8.36. The third kappa shape index (κ3) is 2.71. The maximum Gasteiger partial charge on any atom is 0.416 e. The van der Waals surface area contributed by atoms with E-state index in [0.717, 1.165) is 23.8 Å². The van der Waals surface area contributed by atoms with Crippen molar-refractivity contribution in [2.24, 2.45) is 0 Å². The smallest absolute Gasteiger partial charge is 0.416 e. The number of amides is 1. The van der Waals surface area contributed by atoms with Crippen molar-refractivity contribution in [3.63, 3.8) is 0 Å². The molecule has 1 atom stereocenters. The number of phenols is 1. The first kappa shape index (κ1) is 18.1. The lowest BCUT2D eigenvalue weighted by atomic mass is 9.85. The number of carbonyl (C=O) groups is 1. The highest BCUT2D eigenvalue weighted by atomic mass is 19.4. The van der Waals surface area contributed by atoms with Gasteiger partial charge in [-0.1, -0.05) is 48.5 Å². The van der Waals surface area contributed by atoms with Crippen LogP contribution in [0.1, 0.15) is 16.7 Å². The number of rotatable bonds is 2. The zero-order valence-electron chi connectivity index (χ0n) is 14.3. The van der Waals surface area contributed by atoms with E-state index in [-0.39, 0.29) is 22.6 Å². The van der Waals surface area contributed by atoms with Gasteiger partial charge >= 0.3 is 6.18 Å². The molecule has 1 aliphatic rings. The van der Waals surface area contributed by atoms with Crippen LogP contribution in [0, 0.1) is 0 Å². The SMILES string of the molecule is O=C1Nc2cc(C(F)(F)F)ccc2C1(O)c1ccc(-c2ccccc2)cc1O. The Kier molecular flexibility index (Phi) is 3.94. The van der Waals surface area contributed by atoms with E-state index in [1.807, 2.05) is 30.3 Å².